The quantitative estimate of drug-likeness (QED) is 0.519. The van der Waals surface area contributed by atoms with Gasteiger partial charge in [0, 0.05) is 6.07 Å². The van der Waals surface area contributed by atoms with Gasteiger partial charge in [-0.15, -0.1) is 0 Å². The molecular formula is C8H6F4N2O4S. The van der Waals surface area contributed by atoms with E-state index in [1.165, 1.54) is 0 Å². The first-order valence-electron chi connectivity index (χ1n) is 4.53. The lowest BCUT2D eigenvalue weighted by Gasteiger charge is -2.09. The maximum absolute atomic E-state index is 13.3. The molecule has 0 bridgehead atoms. The molecule has 19 heavy (non-hydrogen) atoms. The molecule has 0 aliphatic rings. The zero-order valence-electron chi connectivity index (χ0n) is 8.94. The Kier molecular flexibility index (Phi) is 4.10. The number of alkyl halides is 3. The highest BCUT2D eigenvalue weighted by molar-refractivity contribution is 7.89. The zero-order valence-corrected chi connectivity index (χ0v) is 9.76. The predicted octanol–water partition coefficient (Wildman–Crippen LogP) is 1.57. The molecule has 0 heterocycles. The molecule has 1 aromatic rings. The van der Waals surface area contributed by atoms with Crippen LogP contribution in [-0.2, 0) is 10.0 Å². The summed E-state index contributed by atoms with van der Waals surface area (Å²) in [5.74, 6) is -1.51. The molecule has 6 nitrogen and oxygen atoms in total. The lowest BCUT2D eigenvalue weighted by Crippen LogP contribution is -2.34. The zero-order chi connectivity index (χ0) is 14.8. The summed E-state index contributed by atoms with van der Waals surface area (Å²) in [5.41, 5.74) is -0.715. The lowest BCUT2D eigenvalue weighted by molar-refractivity contribution is -0.385. The van der Waals surface area contributed by atoms with Crippen molar-refractivity contribution in [3.8, 4) is 0 Å². The van der Waals surface area contributed by atoms with Crippen molar-refractivity contribution in [3.63, 3.8) is 0 Å². The molecule has 0 spiro atoms. The van der Waals surface area contributed by atoms with E-state index in [2.05, 4.69) is 0 Å². The Morgan fingerprint density at radius 1 is 1.32 bits per heavy atom. The van der Waals surface area contributed by atoms with Crippen molar-refractivity contribution in [3.05, 3.63) is 34.1 Å². The smallest absolute Gasteiger partial charge is 0.258 e. The topological polar surface area (TPSA) is 89.3 Å². The van der Waals surface area contributed by atoms with Gasteiger partial charge < -0.3 is 0 Å². The van der Waals surface area contributed by atoms with Crippen molar-refractivity contribution >= 4 is 15.7 Å². The second-order valence-corrected chi connectivity index (χ2v) is 5.05. The van der Waals surface area contributed by atoms with Gasteiger partial charge in [0.25, 0.3) is 5.69 Å². The van der Waals surface area contributed by atoms with Crippen molar-refractivity contribution in [2.24, 2.45) is 0 Å². The Labute approximate surface area is 104 Å². The van der Waals surface area contributed by atoms with Crippen molar-refractivity contribution in [1.82, 2.24) is 4.72 Å². The van der Waals surface area contributed by atoms with Crippen LogP contribution in [0.15, 0.2) is 23.1 Å². The van der Waals surface area contributed by atoms with Crippen LogP contribution >= 0.6 is 0 Å². The Hall–Kier alpha value is -1.75. The average molecular weight is 302 g/mol. The van der Waals surface area contributed by atoms with Crippen LogP contribution in [0, 0.1) is 15.9 Å². The molecule has 0 atom stereocenters. The fourth-order valence-corrected chi connectivity index (χ4v) is 2.15. The van der Waals surface area contributed by atoms with Gasteiger partial charge in [0.2, 0.25) is 10.0 Å². The van der Waals surface area contributed by atoms with Gasteiger partial charge in [-0.25, -0.2) is 17.5 Å². The molecule has 0 fully saturated rings. The molecule has 0 radical (unpaired) electrons. The Morgan fingerprint density at radius 2 is 1.89 bits per heavy atom. The van der Waals surface area contributed by atoms with Crippen molar-refractivity contribution in [2.45, 2.75) is 11.1 Å². The average Bonchev–Trinajstić information content (AvgIpc) is 2.25. The number of rotatable bonds is 4. The maximum Gasteiger partial charge on any atom is 0.402 e. The molecular weight excluding hydrogens is 296 g/mol. The van der Waals surface area contributed by atoms with E-state index in [9.17, 15) is 36.1 Å². The third-order valence-electron chi connectivity index (χ3n) is 1.88. The van der Waals surface area contributed by atoms with Crippen LogP contribution in [-0.4, -0.2) is 26.1 Å². The van der Waals surface area contributed by atoms with Crippen LogP contribution in [0.25, 0.3) is 0 Å². The van der Waals surface area contributed by atoms with E-state index < -0.39 is 44.1 Å². The first kappa shape index (κ1) is 15.3. The van der Waals surface area contributed by atoms with Crippen molar-refractivity contribution in [1.29, 1.82) is 0 Å². The Balaban J connectivity index is 3.06. The highest BCUT2D eigenvalue weighted by Crippen LogP contribution is 2.21. The van der Waals surface area contributed by atoms with Crippen LogP contribution in [0.3, 0.4) is 0 Å². The van der Waals surface area contributed by atoms with Crippen molar-refractivity contribution < 1.29 is 30.9 Å². The number of nitrogens with one attached hydrogen (secondary N) is 1. The van der Waals surface area contributed by atoms with Gasteiger partial charge in [0.05, 0.1) is 11.0 Å². The van der Waals surface area contributed by atoms with Crippen LogP contribution < -0.4 is 4.72 Å². The van der Waals surface area contributed by atoms with E-state index in [0.717, 1.165) is 4.72 Å². The summed E-state index contributed by atoms with van der Waals surface area (Å²) in [6.07, 6.45) is -4.80. The maximum atomic E-state index is 13.3. The molecule has 1 aromatic carbocycles. The first-order chi connectivity index (χ1) is 8.53. The number of halogens is 4. The summed E-state index contributed by atoms with van der Waals surface area (Å²) >= 11 is 0. The van der Waals surface area contributed by atoms with Gasteiger partial charge in [0.1, 0.15) is 17.3 Å². The van der Waals surface area contributed by atoms with E-state index in [-0.39, 0.29) is 0 Å². The van der Waals surface area contributed by atoms with Crippen LogP contribution in [0.2, 0.25) is 0 Å². The normalized spacial score (nSPS) is 12.4. The standard InChI is InChI=1S/C8H6F4N2O4S/c9-6-3-5(14(15)16)1-2-7(6)19(17,18)13-4-8(10,11)12/h1-3,13H,4H2. The van der Waals surface area contributed by atoms with E-state index in [1.807, 2.05) is 0 Å². The third-order valence-corrected chi connectivity index (χ3v) is 3.31. The lowest BCUT2D eigenvalue weighted by atomic mass is 10.3. The molecule has 0 unspecified atom stereocenters. The minimum atomic E-state index is -4.80. The number of hydrogen-bond donors (Lipinski definition) is 1. The van der Waals surface area contributed by atoms with E-state index in [1.54, 1.807) is 0 Å². The molecule has 106 valence electrons. The largest absolute Gasteiger partial charge is 0.402 e. The van der Waals surface area contributed by atoms with Gasteiger partial charge in [0.15, 0.2) is 0 Å². The van der Waals surface area contributed by atoms with Crippen molar-refractivity contribution in [2.75, 3.05) is 6.54 Å². The number of nitrogens with zero attached hydrogens (tertiary/aromatic N) is 1. The summed E-state index contributed by atoms with van der Waals surface area (Å²) < 4.78 is 72.8. The second-order valence-electron chi connectivity index (χ2n) is 3.31. The van der Waals surface area contributed by atoms with Gasteiger partial charge in [-0.2, -0.15) is 13.2 Å². The fraction of sp³-hybridized carbons (Fsp3) is 0.250. The predicted molar refractivity (Wildman–Crippen MR) is 54.3 cm³/mol. The number of non-ortho nitro benzene ring substituents is 1. The summed E-state index contributed by atoms with van der Waals surface area (Å²) in [4.78, 5) is 8.23. The first-order valence-corrected chi connectivity index (χ1v) is 6.01. The monoisotopic (exact) mass is 302 g/mol. The molecule has 1 N–H and O–H groups in total. The molecule has 0 saturated carbocycles. The SMILES string of the molecule is O=[N+]([O-])c1ccc(S(=O)(=O)NCC(F)(F)F)c(F)c1. The molecule has 0 aliphatic heterocycles. The third kappa shape index (κ3) is 4.13. The highest BCUT2D eigenvalue weighted by Gasteiger charge is 2.31. The Morgan fingerprint density at radius 3 is 2.32 bits per heavy atom. The number of sulfonamides is 1. The van der Waals surface area contributed by atoms with Gasteiger partial charge in [-0.05, 0) is 6.07 Å². The highest BCUT2D eigenvalue weighted by atomic mass is 32.2. The number of nitro groups is 1. The number of nitro benzene ring substituents is 1. The minimum Gasteiger partial charge on any atom is -0.258 e. The fourth-order valence-electron chi connectivity index (χ4n) is 1.08. The summed E-state index contributed by atoms with van der Waals surface area (Å²) in [5, 5.41) is 10.3. The number of hydrogen-bond acceptors (Lipinski definition) is 4. The van der Waals surface area contributed by atoms with E-state index in [4.69, 9.17) is 0 Å². The summed E-state index contributed by atoms with van der Waals surface area (Å²) in [6.45, 7) is -1.87. The van der Waals surface area contributed by atoms with Crippen LogP contribution in [0.1, 0.15) is 0 Å². The summed E-state index contributed by atoms with van der Waals surface area (Å²) in [7, 11) is -4.73. The molecule has 0 aliphatic carbocycles. The number of benzene rings is 1. The van der Waals surface area contributed by atoms with Crippen LogP contribution in [0.4, 0.5) is 23.2 Å². The van der Waals surface area contributed by atoms with E-state index >= 15 is 0 Å². The van der Waals surface area contributed by atoms with Gasteiger partial charge in [-0.1, -0.05) is 0 Å². The Bertz CT molecular complexity index is 599. The summed E-state index contributed by atoms with van der Waals surface area (Å²) in [6, 6.07) is 1.50. The molecule has 1 rings (SSSR count). The van der Waals surface area contributed by atoms with Gasteiger partial charge in [-0.3, -0.25) is 10.1 Å². The molecule has 0 amide bonds. The minimum absolute atomic E-state index is 0.308. The molecule has 11 heteroatoms. The molecule has 0 aromatic heterocycles. The van der Waals surface area contributed by atoms with Gasteiger partial charge >= 0.3 is 6.18 Å². The molecule has 0 saturated heterocycles. The van der Waals surface area contributed by atoms with E-state index in [0.29, 0.717) is 18.2 Å². The van der Waals surface area contributed by atoms with Crippen LogP contribution in [0.5, 0.6) is 0 Å². The second kappa shape index (κ2) is 5.09.